The Kier molecular flexibility index (Phi) is 5.89. The summed E-state index contributed by atoms with van der Waals surface area (Å²) in [6.45, 7) is 6.39. The number of anilines is 2. The second-order valence-electron chi connectivity index (χ2n) is 7.96. The van der Waals surface area contributed by atoms with Gasteiger partial charge in [-0.15, -0.1) is 0 Å². The summed E-state index contributed by atoms with van der Waals surface area (Å²) >= 11 is 0. The zero-order valence-corrected chi connectivity index (χ0v) is 18.2. The van der Waals surface area contributed by atoms with Gasteiger partial charge in [0.05, 0.1) is 12.3 Å². The predicted molar refractivity (Wildman–Crippen MR) is 118 cm³/mol. The molecule has 2 aliphatic rings. The average Bonchev–Trinajstić information content (AvgIpc) is 3.29. The maximum atomic E-state index is 13.1. The largest absolute Gasteiger partial charge is 0.494 e. The van der Waals surface area contributed by atoms with Crippen LogP contribution in [-0.2, 0) is 14.4 Å². The van der Waals surface area contributed by atoms with Gasteiger partial charge in [0, 0.05) is 5.69 Å². The highest BCUT2D eigenvalue weighted by atomic mass is 16.5. The number of imide groups is 1. The van der Waals surface area contributed by atoms with Gasteiger partial charge >= 0.3 is 0 Å². The first-order chi connectivity index (χ1) is 15.4. The molecule has 1 fully saturated rings. The van der Waals surface area contributed by atoms with Crippen molar-refractivity contribution in [3.63, 3.8) is 0 Å². The number of nitrogens with zero attached hydrogens (tertiary/aromatic N) is 4. The number of fused-ring (bicyclic) bond motifs is 1. The Balaban J connectivity index is 1.43. The standard InChI is InChI=1S/C23H25N5O4/c1-4-32-18-11-7-16(8-12-18)24-19(29)13-27-21-20(25-26-27)22(30)28(23(21)31)17-9-5-15(6-10-17)14(2)3/h5-12,14,20-21H,4,13H2,1-3H3,(H,24,29)/t20-,21-/m1/s1. The third-order valence-electron chi connectivity index (χ3n) is 5.43. The molecular weight excluding hydrogens is 410 g/mol. The topological polar surface area (TPSA) is 104 Å². The summed E-state index contributed by atoms with van der Waals surface area (Å²) in [5, 5.41) is 11.9. The van der Waals surface area contributed by atoms with Crippen LogP contribution in [0.3, 0.4) is 0 Å². The number of carbonyl (C=O) groups is 3. The molecule has 2 aliphatic heterocycles. The Bertz CT molecular complexity index is 1050. The third-order valence-corrected chi connectivity index (χ3v) is 5.43. The summed E-state index contributed by atoms with van der Waals surface area (Å²) < 4.78 is 5.38. The fourth-order valence-corrected chi connectivity index (χ4v) is 3.77. The van der Waals surface area contributed by atoms with E-state index < -0.39 is 23.9 Å². The molecule has 0 aromatic heterocycles. The SMILES string of the molecule is CCOc1ccc(NC(=O)CN2N=N[C@H]3C(=O)N(c4ccc(C(C)C)cc4)C(=O)[C@@H]32)cc1. The first kappa shape index (κ1) is 21.5. The van der Waals surface area contributed by atoms with E-state index in [4.69, 9.17) is 4.74 Å². The summed E-state index contributed by atoms with van der Waals surface area (Å²) in [7, 11) is 0. The van der Waals surface area contributed by atoms with Crippen molar-refractivity contribution in [2.75, 3.05) is 23.4 Å². The van der Waals surface area contributed by atoms with Crippen LogP contribution in [0.4, 0.5) is 11.4 Å². The summed E-state index contributed by atoms with van der Waals surface area (Å²) in [6, 6.07) is 12.4. The fourth-order valence-electron chi connectivity index (χ4n) is 3.77. The van der Waals surface area contributed by atoms with Crippen LogP contribution in [-0.4, -0.2) is 48.0 Å². The third kappa shape index (κ3) is 4.05. The first-order valence-corrected chi connectivity index (χ1v) is 10.6. The molecule has 166 valence electrons. The van der Waals surface area contributed by atoms with Gasteiger partial charge in [-0.3, -0.25) is 19.4 Å². The van der Waals surface area contributed by atoms with Crippen LogP contribution in [0.1, 0.15) is 32.3 Å². The van der Waals surface area contributed by atoms with Gasteiger partial charge in [0.15, 0.2) is 12.1 Å². The van der Waals surface area contributed by atoms with Crippen molar-refractivity contribution < 1.29 is 19.1 Å². The molecular formula is C23H25N5O4. The highest BCUT2D eigenvalue weighted by molar-refractivity contribution is 6.25. The van der Waals surface area contributed by atoms with Crippen molar-refractivity contribution in [3.05, 3.63) is 54.1 Å². The predicted octanol–water partition coefficient (Wildman–Crippen LogP) is 3.14. The zero-order valence-electron chi connectivity index (χ0n) is 18.2. The Morgan fingerprint density at radius 1 is 1.06 bits per heavy atom. The fraction of sp³-hybridized carbons (Fsp3) is 0.348. The summed E-state index contributed by atoms with van der Waals surface area (Å²) in [5.74, 6) is -0.190. The van der Waals surface area contributed by atoms with E-state index in [0.29, 0.717) is 29.6 Å². The molecule has 2 aromatic carbocycles. The lowest BCUT2D eigenvalue weighted by molar-refractivity contribution is -0.123. The Hall–Kier alpha value is -3.75. The molecule has 9 heteroatoms. The maximum Gasteiger partial charge on any atom is 0.263 e. The molecule has 1 saturated heterocycles. The van der Waals surface area contributed by atoms with E-state index in [0.717, 1.165) is 10.5 Å². The van der Waals surface area contributed by atoms with Gasteiger partial charge in [0.1, 0.15) is 12.3 Å². The second-order valence-corrected chi connectivity index (χ2v) is 7.96. The van der Waals surface area contributed by atoms with E-state index in [1.807, 2.05) is 19.1 Å². The molecule has 1 N–H and O–H groups in total. The van der Waals surface area contributed by atoms with E-state index in [9.17, 15) is 14.4 Å². The van der Waals surface area contributed by atoms with Crippen molar-refractivity contribution in [3.8, 4) is 5.75 Å². The Morgan fingerprint density at radius 2 is 1.75 bits per heavy atom. The average molecular weight is 435 g/mol. The van der Waals surface area contributed by atoms with Crippen LogP contribution in [0.2, 0.25) is 0 Å². The molecule has 4 rings (SSSR count). The lowest BCUT2D eigenvalue weighted by atomic mass is 10.0. The van der Waals surface area contributed by atoms with Crippen molar-refractivity contribution in [1.29, 1.82) is 0 Å². The monoisotopic (exact) mass is 435 g/mol. The van der Waals surface area contributed by atoms with E-state index in [1.54, 1.807) is 36.4 Å². The molecule has 0 bridgehead atoms. The van der Waals surface area contributed by atoms with E-state index in [1.165, 1.54) is 5.01 Å². The normalized spacial score (nSPS) is 19.6. The Labute approximate surface area is 186 Å². The minimum absolute atomic E-state index is 0.197. The minimum Gasteiger partial charge on any atom is -0.494 e. The molecule has 2 atom stereocenters. The van der Waals surface area contributed by atoms with Crippen molar-refractivity contribution >= 4 is 29.1 Å². The number of rotatable bonds is 7. The smallest absolute Gasteiger partial charge is 0.263 e. The minimum atomic E-state index is -0.939. The van der Waals surface area contributed by atoms with Crippen LogP contribution in [0.15, 0.2) is 58.9 Å². The summed E-state index contributed by atoms with van der Waals surface area (Å²) in [6.07, 6.45) is 0. The zero-order chi connectivity index (χ0) is 22.8. The van der Waals surface area contributed by atoms with Gasteiger partial charge in [-0.25, -0.2) is 4.90 Å². The number of amides is 3. The number of hydrogen-bond acceptors (Lipinski definition) is 7. The highest BCUT2D eigenvalue weighted by Crippen LogP contribution is 2.32. The quantitative estimate of drug-likeness (QED) is 0.673. The molecule has 2 aromatic rings. The lowest BCUT2D eigenvalue weighted by Gasteiger charge is -2.20. The molecule has 2 heterocycles. The van der Waals surface area contributed by atoms with Crippen LogP contribution in [0.5, 0.6) is 5.75 Å². The first-order valence-electron chi connectivity index (χ1n) is 10.6. The molecule has 0 saturated carbocycles. The van der Waals surface area contributed by atoms with E-state index in [2.05, 4.69) is 29.5 Å². The van der Waals surface area contributed by atoms with Gasteiger partial charge in [-0.05, 0) is 54.8 Å². The van der Waals surface area contributed by atoms with E-state index >= 15 is 0 Å². The number of nitrogens with one attached hydrogen (secondary N) is 1. The van der Waals surface area contributed by atoms with Gasteiger partial charge in [0.2, 0.25) is 5.91 Å². The molecule has 0 aliphatic carbocycles. The van der Waals surface area contributed by atoms with Gasteiger partial charge in [-0.2, -0.15) is 5.11 Å². The van der Waals surface area contributed by atoms with Crippen molar-refractivity contribution in [2.24, 2.45) is 10.3 Å². The summed E-state index contributed by atoms with van der Waals surface area (Å²) in [4.78, 5) is 39.5. The van der Waals surface area contributed by atoms with Gasteiger partial charge in [-0.1, -0.05) is 31.2 Å². The molecule has 3 amide bonds. The lowest BCUT2D eigenvalue weighted by Crippen LogP contribution is -2.43. The van der Waals surface area contributed by atoms with E-state index in [-0.39, 0.29) is 12.5 Å². The number of carbonyl (C=O) groups excluding carboxylic acids is 3. The highest BCUT2D eigenvalue weighted by Gasteiger charge is 2.55. The molecule has 0 spiro atoms. The second kappa shape index (κ2) is 8.78. The molecule has 0 unspecified atom stereocenters. The number of hydrogen-bond donors (Lipinski definition) is 1. The van der Waals surface area contributed by atoms with Crippen LogP contribution < -0.4 is 15.0 Å². The maximum absolute atomic E-state index is 13.1. The van der Waals surface area contributed by atoms with Gasteiger partial charge < -0.3 is 10.1 Å². The number of ether oxygens (including phenoxy) is 1. The van der Waals surface area contributed by atoms with Crippen molar-refractivity contribution in [1.82, 2.24) is 5.01 Å². The molecule has 9 nitrogen and oxygen atoms in total. The number of benzene rings is 2. The summed E-state index contributed by atoms with van der Waals surface area (Å²) in [5.41, 5.74) is 2.19. The molecule has 32 heavy (non-hydrogen) atoms. The van der Waals surface area contributed by atoms with Crippen LogP contribution >= 0.6 is 0 Å². The molecule has 0 radical (unpaired) electrons. The Morgan fingerprint density at radius 3 is 2.38 bits per heavy atom. The van der Waals surface area contributed by atoms with Crippen LogP contribution in [0.25, 0.3) is 0 Å². The van der Waals surface area contributed by atoms with Crippen LogP contribution in [0, 0.1) is 0 Å². The van der Waals surface area contributed by atoms with Gasteiger partial charge in [0.25, 0.3) is 11.8 Å². The van der Waals surface area contributed by atoms with Crippen molar-refractivity contribution in [2.45, 2.75) is 38.8 Å².